The van der Waals surface area contributed by atoms with Gasteiger partial charge in [-0.3, -0.25) is 4.79 Å². The van der Waals surface area contributed by atoms with Crippen molar-refractivity contribution >= 4 is 5.91 Å². The molecule has 2 atom stereocenters. The number of halogens is 2. The molecule has 21 heavy (non-hydrogen) atoms. The minimum Gasteiger partial charge on any atom is -0.435 e. The predicted octanol–water partition coefficient (Wildman–Crippen LogP) is 1.82. The predicted molar refractivity (Wildman–Crippen MR) is 70.6 cm³/mol. The van der Waals surface area contributed by atoms with Gasteiger partial charge < -0.3 is 19.5 Å². The highest BCUT2D eigenvalue weighted by molar-refractivity contribution is 5.94. The van der Waals surface area contributed by atoms with Gasteiger partial charge in [0.1, 0.15) is 11.9 Å². The molecule has 0 saturated carbocycles. The second kappa shape index (κ2) is 7.33. The van der Waals surface area contributed by atoms with Crippen LogP contribution >= 0.6 is 0 Å². The van der Waals surface area contributed by atoms with Gasteiger partial charge in [0, 0.05) is 19.3 Å². The SMILES string of the molecule is COC1COCCC1NC(=O)c1cccc(OC(F)F)c1. The van der Waals surface area contributed by atoms with E-state index in [0.29, 0.717) is 19.6 Å². The molecule has 2 unspecified atom stereocenters. The van der Waals surface area contributed by atoms with Crippen molar-refractivity contribution < 1.29 is 27.8 Å². The van der Waals surface area contributed by atoms with Crippen LogP contribution in [0.1, 0.15) is 16.8 Å². The topological polar surface area (TPSA) is 56.8 Å². The summed E-state index contributed by atoms with van der Waals surface area (Å²) in [5.41, 5.74) is 0.259. The Hall–Kier alpha value is -1.73. The van der Waals surface area contributed by atoms with E-state index in [1.807, 2.05) is 0 Å². The fourth-order valence-corrected chi connectivity index (χ4v) is 2.17. The number of hydrogen-bond acceptors (Lipinski definition) is 4. The summed E-state index contributed by atoms with van der Waals surface area (Å²) >= 11 is 0. The average Bonchev–Trinajstić information content (AvgIpc) is 2.47. The largest absolute Gasteiger partial charge is 0.435 e. The molecule has 1 heterocycles. The van der Waals surface area contributed by atoms with E-state index >= 15 is 0 Å². The Balaban J connectivity index is 2.02. The molecule has 5 nitrogen and oxygen atoms in total. The summed E-state index contributed by atoms with van der Waals surface area (Å²) in [7, 11) is 1.55. The van der Waals surface area contributed by atoms with E-state index in [-0.39, 0.29) is 29.4 Å². The van der Waals surface area contributed by atoms with Crippen LogP contribution in [0.5, 0.6) is 5.75 Å². The Labute approximate surface area is 121 Å². The maximum absolute atomic E-state index is 12.2. The molecule has 0 spiro atoms. The first-order valence-corrected chi connectivity index (χ1v) is 6.56. The minimum absolute atomic E-state index is 0.0482. The summed E-state index contributed by atoms with van der Waals surface area (Å²) in [6, 6.07) is 5.51. The molecule has 0 aromatic heterocycles. The summed E-state index contributed by atoms with van der Waals surface area (Å²) in [6.45, 7) is -1.97. The van der Waals surface area contributed by atoms with Gasteiger partial charge in [0.15, 0.2) is 0 Å². The van der Waals surface area contributed by atoms with E-state index in [0.717, 1.165) is 0 Å². The maximum atomic E-state index is 12.2. The Bertz CT molecular complexity index is 484. The second-order valence-electron chi connectivity index (χ2n) is 4.62. The quantitative estimate of drug-likeness (QED) is 0.901. The molecule has 1 amide bonds. The minimum atomic E-state index is -2.92. The van der Waals surface area contributed by atoms with E-state index in [9.17, 15) is 13.6 Å². The molecule has 2 rings (SSSR count). The van der Waals surface area contributed by atoms with Crippen LogP contribution in [-0.2, 0) is 9.47 Å². The molecule has 0 aliphatic carbocycles. The normalized spacial score (nSPS) is 22.1. The third kappa shape index (κ3) is 4.37. The molecular formula is C14H17F2NO4. The standard InChI is InChI=1S/C14H17F2NO4/c1-19-12-8-20-6-5-11(12)17-13(18)9-3-2-4-10(7-9)21-14(15)16/h2-4,7,11-12,14H,5-6,8H2,1H3,(H,17,18). The molecule has 7 heteroatoms. The van der Waals surface area contributed by atoms with Crippen molar-refractivity contribution in [2.24, 2.45) is 0 Å². The van der Waals surface area contributed by atoms with Gasteiger partial charge in [-0.05, 0) is 24.6 Å². The molecule has 0 bridgehead atoms. The second-order valence-corrected chi connectivity index (χ2v) is 4.62. The highest BCUT2D eigenvalue weighted by Gasteiger charge is 2.27. The van der Waals surface area contributed by atoms with Gasteiger partial charge in [-0.1, -0.05) is 6.07 Å². The van der Waals surface area contributed by atoms with Gasteiger partial charge in [-0.25, -0.2) is 0 Å². The zero-order valence-corrected chi connectivity index (χ0v) is 11.6. The first-order chi connectivity index (χ1) is 10.1. The molecule has 1 aromatic rings. The fraction of sp³-hybridized carbons (Fsp3) is 0.500. The molecule has 0 radical (unpaired) electrons. The number of carbonyl (C=O) groups is 1. The number of hydrogen-bond donors (Lipinski definition) is 1. The molecule has 1 N–H and O–H groups in total. The Morgan fingerprint density at radius 2 is 2.29 bits per heavy atom. The zero-order chi connectivity index (χ0) is 15.2. The highest BCUT2D eigenvalue weighted by Crippen LogP contribution is 2.17. The molecule has 1 aliphatic rings. The fourth-order valence-electron chi connectivity index (χ4n) is 2.17. The Morgan fingerprint density at radius 3 is 3.00 bits per heavy atom. The lowest BCUT2D eigenvalue weighted by molar-refractivity contribution is -0.0500. The van der Waals surface area contributed by atoms with Crippen LogP contribution in [0.25, 0.3) is 0 Å². The van der Waals surface area contributed by atoms with E-state index in [4.69, 9.17) is 9.47 Å². The van der Waals surface area contributed by atoms with Gasteiger partial charge >= 0.3 is 6.61 Å². The summed E-state index contributed by atoms with van der Waals surface area (Å²) < 4.78 is 39.1. The summed E-state index contributed by atoms with van der Waals surface area (Å²) in [5, 5.41) is 2.83. The van der Waals surface area contributed by atoms with Crippen LogP contribution in [-0.4, -0.2) is 45.0 Å². The lowest BCUT2D eigenvalue weighted by atomic mass is 10.1. The molecular weight excluding hydrogens is 284 g/mol. The van der Waals surface area contributed by atoms with Crippen LogP contribution < -0.4 is 10.1 Å². The number of carbonyl (C=O) groups excluding carboxylic acids is 1. The van der Waals surface area contributed by atoms with Crippen LogP contribution in [0.3, 0.4) is 0 Å². The highest BCUT2D eigenvalue weighted by atomic mass is 19.3. The average molecular weight is 301 g/mol. The summed E-state index contributed by atoms with van der Waals surface area (Å²) in [5.74, 6) is -0.406. The third-order valence-corrected chi connectivity index (χ3v) is 3.24. The number of ether oxygens (including phenoxy) is 3. The summed E-state index contributed by atoms with van der Waals surface area (Å²) in [4.78, 5) is 12.2. The van der Waals surface area contributed by atoms with Crippen molar-refractivity contribution in [3.63, 3.8) is 0 Å². The van der Waals surface area contributed by atoms with E-state index in [1.54, 1.807) is 7.11 Å². The number of alkyl halides is 2. The summed E-state index contributed by atoms with van der Waals surface area (Å²) in [6.07, 6.45) is 0.417. The van der Waals surface area contributed by atoms with E-state index in [2.05, 4.69) is 10.1 Å². The van der Waals surface area contributed by atoms with Crippen molar-refractivity contribution in [1.29, 1.82) is 0 Å². The number of methoxy groups -OCH3 is 1. The molecule has 1 fully saturated rings. The Morgan fingerprint density at radius 1 is 1.48 bits per heavy atom. The van der Waals surface area contributed by atoms with E-state index < -0.39 is 6.61 Å². The van der Waals surface area contributed by atoms with Gasteiger partial charge in [0.2, 0.25) is 0 Å². The van der Waals surface area contributed by atoms with Crippen molar-refractivity contribution in [3.05, 3.63) is 29.8 Å². The van der Waals surface area contributed by atoms with Gasteiger partial charge in [0.25, 0.3) is 5.91 Å². The molecule has 1 aromatic carbocycles. The molecule has 1 saturated heterocycles. The van der Waals surface area contributed by atoms with E-state index in [1.165, 1.54) is 24.3 Å². The lowest BCUT2D eigenvalue weighted by Gasteiger charge is -2.31. The number of amides is 1. The van der Waals surface area contributed by atoms with Gasteiger partial charge in [-0.2, -0.15) is 8.78 Å². The van der Waals surface area contributed by atoms with Crippen molar-refractivity contribution in [2.45, 2.75) is 25.2 Å². The van der Waals surface area contributed by atoms with Crippen LogP contribution in [0.15, 0.2) is 24.3 Å². The van der Waals surface area contributed by atoms with Crippen LogP contribution in [0.2, 0.25) is 0 Å². The maximum Gasteiger partial charge on any atom is 0.387 e. The van der Waals surface area contributed by atoms with Gasteiger partial charge in [0.05, 0.1) is 12.6 Å². The first-order valence-electron chi connectivity index (χ1n) is 6.56. The van der Waals surface area contributed by atoms with Gasteiger partial charge in [-0.15, -0.1) is 0 Å². The van der Waals surface area contributed by atoms with Crippen molar-refractivity contribution in [3.8, 4) is 5.75 Å². The molecule has 116 valence electrons. The smallest absolute Gasteiger partial charge is 0.387 e. The number of benzene rings is 1. The lowest BCUT2D eigenvalue weighted by Crippen LogP contribution is -2.49. The zero-order valence-electron chi connectivity index (χ0n) is 11.6. The number of nitrogens with one attached hydrogen (secondary N) is 1. The van der Waals surface area contributed by atoms with Crippen molar-refractivity contribution in [1.82, 2.24) is 5.32 Å². The van der Waals surface area contributed by atoms with Crippen LogP contribution in [0.4, 0.5) is 8.78 Å². The third-order valence-electron chi connectivity index (χ3n) is 3.24. The Kier molecular flexibility index (Phi) is 5.46. The molecule has 1 aliphatic heterocycles. The monoisotopic (exact) mass is 301 g/mol. The van der Waals surface area contributed by atoms with Crippen molar-refractivity contribution in [2.75, 3.05) is 20.3 Å². The van der Waals surface area contributed by atoms with Crippen LogP contribution in [0, 0.1) is 0 Å². The first kappa shape index (κ1) is 15.7. The number of rotatable bonds is 5.